The molecule has 10 heteroatoms. The van der Waals surface area contributed by atoms with Crippen LogP contribution in [0.5, 0.6) is 0 Å². The van der Waals surface area contributed by atoms with Crippen LogP contribution in [-0.2, 0) is 20.9 Å². The number of hydrogen-bond donors (Lipinski definition) is 2. The highest BCUT2D eigenvalue weighted by molar-refractivity contribution is 6.36. The molecule has 1 heterocycles. The summed E-state index contributed by atoms with van der Waals surface area (Å²) in [7, 11) is 0. The van der Waals surface area contributed by atoms with E-state index in [0.29, 0.717) is 10.7 Å². The Morgan fingerprint density at radius 1 is 1.28 bits per heavy atom. The van der Waals surface area contributed by atoms with E-state index in [4.69, 9.17) is 27.9 Å². The average Bonchev–Trinajstić information content (AvgIpc) is 2.52. The molecule has 2 N–H and O–H groups in total. The standard InChI is InChI=1S/C15H13Cl2N3O5/c1-8(14(23)18-11-3-2-9(16)6-10(11)17)25-13(22)7-20-5-4-12(21)19-15(20)24/h2-6,8H,7H2,1H3,(H,18,23)(H,19,21,24)/t8-/m1/s1. The Bertz CT molecular complexity index is 922. The van der Waals surface area contributed by atoms with Crippen LogP contribution in [0.25, 0.3) is 0 Å². The molecule has 25 heavy (non-hydrogen) atoms. The number of carbonyl (C=O) groups is 2. The van der Waals surface area contributed by atoms with Crippen molar-refractivity contribution >= 4 is 40.8 Å². The van der Waals surface area contributed by atoms with E-state index < -0.39 is 35.8 Å². The van der Waals surface area contributed by atoms with Gasteiger partial charge in [0.1, 0.15) is 6.54 Å². The van der Waals surface area contributed by atoms with E-state index in [9.17, 15) is 19.2 Å². The van der Waals surface area contributed by atoms with Crippen molar-refractivity contribution in [2.75, 3.05) is 5.32 Å². The van der Waals surface area contributed by atoms with E-state index in [2.05, 4.69) is 5.32 Å². The summed E-state index contributed by atoms with van der Waals surface area (Å²) in [5.74, 6) is -1.43. The lowest BCUT2D eigenvalue weighted by molar-refractivity contribution is -0.153. The third-order valence-electron chi connectivity index (χ3n) is 3.06. The summed E-state index contributed by atoms with van der Waals surface area (Å²) < 4.78 is 5.91. The van der Waals surface area contributed by atoms with Gasteiger partial charge in [-0.05, 0) is 25.1 Å². The molecule has 0 saturated heterocycles. The molecule has 0 radical (unpaired) electrons. The number of hydrogen-bond acceptors (Lipinski definition) is 5. The van der Waals surface area contributed by atoms with E-state index in [1.807, 2.05) is 4.98 Å². The fraction of sp³-hybridized carbons (Fsp3) is 0.200. The van der Waals surface area contributed by atoms with Crippen molar-refractivity contribution < 1.29 is 14.3 Å². The van der Waals surface area contributed by atoms with Crippen molar-refractivity contribution in [2.24, 2.45) is 0 Å². The summed E-state index contributed by atoms with van der Waals surface area (Å²) in [6, 6.07) is 5.60. The lowest BCUT2D eigenvalue weighted by Crippen LogP contribution is -2.35. The van der Waals surface area contributed by atoms with Crippen molar-refractivity contribution in [2.45, 2.75) is 19.6 Å². The van der Waals surface area contributed by atoms with Crippen LogP contribution >= 0.6 is 23.2 Å². The zero-order valence-electron chi connectivity index (χ0n) is 12.9. The van der Waals surface area contributed by atoms with E-state index in [0.717, 1.165) is 16.8 Å². The van der Waals surface area contributed by atoms with Crippen LogP contribution in [0.1, 0.15) is 6.92 Å². The number of nitrogens with zero attached hydrogens (tertiary/aromatic N) is 1. The van der Waals surface area contributed by atoms with Crippen LogP contribution in [0.2, 0.25) is 10.0 Å². The largest absolute Gasteiger partial charge is 0.451 e. The summed E-state index contributed by atoms with van der Waals surface area (Å²) in [6.45, 7) is 0.918. The first-order valence-electron chi connectivity index (χ1n) is 7.01. The molecule has 1 aromatic carbocycles. The van der Waals surface area contributed by atoms with Crippen molar-refractivity contribution in [3.63, 3.8) is 0 Å². The fourth-order valence-electron chi connectivity index (χ4n) is 1.82. The van der Waals surface area contributed by atoms with Crippen molar-refractivity contribution in [3.05, 3.63) is 61.3 Å². The molecule has 2 aromatic rings. The second-order valence-corrected chi connectivity index (χ2v) is 5.83. The Labute approximate surface area is 151 Å². The Kier molecular flexibility index (Phi) is 6.00. The quantitative estimate of drug-likeness (QED) is 0.756. The van der Waals surface area contributed by atoms with Gasteiger partial charge in [-0.25, -0.2) is 4.79 Å². The van der Waals surface area contributed by atoms with Gasteiger partial charge in [-0.2, -0.15) is 0 Å². The molecule has 8 nitrogen and oxygen atoms in total. The van der Waals surface area contributed by atoms with Gasteiger partial charge in [-0.3, -0.25) is 23.9 Å². The third kappa shape index (κ3) is 5.20. The molecule has 1 atom stereocenters. The van der Waals surface area contributed by atoms with Crippen LogP contribution in [0.4, 0.5) is 5.69 Å². The van der Waals surface area contributed by atoms with Gasteiger partial charge in [0.15, 0.2) is 6.10 Å². The maximum absolute atomic E-state index is 12.1. The zero-order chi connectivity index (χ0) is 18.6. The van der Waals surface area contributed by atoms with Crippen LogP contribution in [0.15, 0.2) is 40.1 Å². The Balaban J connectivity index is 1.97. The SMILES string of the molecule is C[C@@H](OC(=O)Cn1ccc(=O)[nH]c1=O)C(=O)Nc1ccc(Cl)cc1Cl. The van der Waals surface area contributed by atoms with Gasteiger partial charge in [0.2, 0.25) is 0 Å². The van der Waals surface area contributed by atoms with Crippen molar-refractivity contribution in [3.8, 4) is 0 Å². The zero-order valence-corrected chi connectivity index (χ0v) is 14.4. The first kappa shape index (κ1) is 18.8. The van der Waals surface area contributed by atoms with Gasteiger partial charge >= 0.3 is 11.7 Å². The molecule has 0 unspecified atom stereocenters. The second kappa shape index (κ2) is 8.00. The molecule has 2 rings (SSSR count). The minimum Gasteiger partial charge on any atom is -0.451 e. The van der Waals surface area contributed by atoms with Crippen LogP contribution in [0.3, 0.4) is 0 Å². The molecular weight excluding hydrogens is 373 g/mol. The fourth-order valence-corrected chi connectivity index (χ4v) is 2.28. The minimum atomic E-state index is -1.13. The molecule has 0 spiro atoms. The minimum absolute atomic E-state index is 0.235. The number of aromatic amines is 1. The summed E-state index contributed by atoms with van der Waals surface area (Å²) >= 11 is 11.7. The van der Waals surface area contributed by atoms with Gasteiger partial charge in [-0.15, -0.1) is 0 Å². The van der Waals surface area contributed by atoms with E-state index in [1.165, 1.54) is 19.1 Å². The summed E-state index contributed by atoms with van der Waals surface area (Å²) in [4.78, 5) is 48.3. The van der Waals surface area contributed by atoms with Crippen LogP contribution in [-0.4, -0.2) is 27.5 Å². The molecule has 1 aromatic heterocycles. The highest BCUT2D eigenvalue weighted by atomic mass is 35.5. The smallest absolute Gasteiger partial charge is 0.328 e. The van der Waals surface area contributed by atoms with E-state index >= 15 is 0 Å². The highest BCUT2D eigenvalue weighted by Gasteiger charge is 2.19. The number of ether oxygens (including phenoxy) is 1. The number of H-pyrrole nitrogens is 1. The molecular formula is C15H13Cl2N3O5. The number of esters is 1. The Morgan fingerprint density at radius 2 is 2.00 bits per heavy atom. The van der Waals surface area contributed by atoms with Crippen LogP contribution < -0.4 is 16.6 Å². The molecule has 1 amide bonds. The molecule has 0 bridgehead atoms. The number of amides is 1. The number of anilines is 1. The molecule has 0 saturated carbocycles. The number of rotatable bonds is 5. The number of carbonyl (C=O) groups excluding carboxylic acids is 2. The van der Waals surface area contributed by atoms with Gasteiger partial charge in [0, 0.05) is 17.3 Å². The van der Waals surface area contributed by atoms with Gasteiger partial charge in [0.05, 0.1) is 10.7 Å². The summed E-state index contributed by atoms with van der Waals surface area (Å²) in [5.41, 5.74) is -1.02. The maximum atomic E-state index is 12.1. The predicted molar refractivity (Wildman–Crippen MR) is 92.0 cm³/mol. The topological polar surface area (TPSA) is 110 Å². The van der Waals surface area contributed by atoms with Gasteiger partial charge in [-0.1, -0.05) is 23.2 Å². The van der Waals surface area contributed by atoms with Crippen molar-refractivity contribution in [1.82, 2.24) is 9.55 Å². The maximum Gasteiger partial charge on any atom is 0.328 e. The second-order valence-electron chi connectivity index (χ2n) is 4.98. The van der Waals surface area contributed by atoms with Gasteiger partial charge in [0.25, 0.3) is 11.5 Å². The highest BCUT2D eigenvalue weighted by Crippen LogP contribution is 2.25. The number of nitrogens with one attached hydrogen (secondary N) is 2. The molecule has 0 fully saturated rings. The van der Waals surface area contributed by atoms with E-state index in [-0.39, 0.29) is 5.02 Å². The third-order valence-corrected chi connectivity index (χ3v) is 3.61. The lowest BCUT2D eigenvalue weighted by Gasteiger charge is -2.14. The monoisotopic (exact) mass is 385 g/mol. The lowest BCUT2D eigenvalue weighted by atomic mass is 10.3. The summed E-state index contributed by atoms with van der Waals surface area (Å²) in [6.07, 6.45) is 0.0263. The van der Waals surface area contributed by atoms with Gasteiger partial charge < -0.3 is 10.1 Å². The molecule has 0 aliphatic heterocycles. The number of aromatic nitrogens is 2. The summed E-state index contributed by atoms with van der Waals surface area (Å²) in [5, 5.41) is 3.15. The first-order valence-corrected chi connectivity index (χ1v) is 7.77. The molecule has 132 valence electrons. The van der Waals surface area contributed by atoms with Crippen LogP contribution in [0, 0.1) is 0 Å². The normalized spacial score (nSPS) is 11.6. The first-order chi connectivity index (χ1) is 11.8. The number of benzene rings is 1. The molecule has 0 aliphatic carbocycles. The average molecular weight is 386 g/mol. The molecule has 0 aliphatic rings. The number of halogens is 2. The van der Waals surface area contributed by atoms with E-state index in [1.54, 1.807) is 6.07 Å². The van der Waals surface area contributed by atoms with Crippen molar-refractivity contribution in [1.29, 1.82) is 0 Å². The Hall–Kier alpha value is -2.58. The predicted octanol–water partition coefficient (Wildman–Crippen LogP) is 1.41. The Morgan fingerprint density at radius 3 is 2.64 bits per heavy atom.